The summed E-state index contributed by atoms with van der Waals surface area (Å²) >= 11 is 12.6. The Morgan fingerprint density at radius 2 is 1.95 bits per heavy atom. The smallest absolute Gasteiger partial charge is 0.271 e. The number of aliphatic hydroxyl groups is 1. The maximum atomic E-state index is 11.5. The van der Waals surface area contributed by atoms with Crippen LogP contribution in [0.1, 0.15) is 49.5 Å². The molecule has 9 nitrogen and oxygen atoms in total. The number of nitrogens with two attached hydrogens (primary N) is 2. The van der Waals surface area contributed by atoms with Crippen LogP contribution in [0.25, 0.3) is 0 Å². The first-order chi connectivity index (χ1) is 17.8. The molecule has 1 amide bonds. The number of rotatable bonds is 8. The molecule has 3 heterocycles. The van der Waals surface area contributed by atoms with Crippen molar-refractivity contribution in [2.45, 2.75) is 51.1 Å². The molecule has 2 saturated heterocycles. The molecule has 0 bridgehead atoms. The second-order valence-corrected chi connectivity index (χ2v) is 10.7. The SMILES string of the molecule is CCC1CN(c2nc(N)c(C(N)=O)nc2Cl)CCN1C1CCN(CC2=C(CCO)C=C(Cl)C=CC2)CC1. The van der Waals surface area contributed by atoms with Crippen LogP contribution < -0.4 is 16.4 Å². The highest BCUT2D eigenvalue weighted by molar-refractivity contribution is 6.32. The summed E-state index contributed by atoms with van der Waals surface area (Å²) in [5.74, 6) is -0.220. The molecule has 1 unspecified atom stereocenters. The number of allylic oxidation sites excluding steroid dienone is 4. The van der Waals surface area contributed by atoms with E-state index in [4.69, 9.17) is 34.7 Å². The Bertz CT molecular complexity index is 1080. The van der Waals surface area contributed by atoms with Crippen molar-refractivity contribution < 1.29 is 9.90 Å². The quantitative estimate of drug-likeness (QED) is 0.452. The third-order valence-corrected chi connectivity index (χ3v) is 8.11. The number of nitrogen functional groups attached to an aromatic ring is 1. The third kappa shape index (κ3) is 6.64. The Hall–Kier alpha value is -2.17. The molecule has 0 spiro atoms. The van der Waals surface area contributed by atoms with Gasteiger partial charge in [-0.25, -0.2) is 9.97 Å². The first-order valence-corrected chi connectivity index (χ1v) is 13.8. The number of aliphatic hydroxyl groups excluding tert-OH is 1. The first kappa shape index (κ1) is 27.9. The van der Waals surface area contributed by atoms with E-state index in [1.807, 2.05) is 12.2 Å². The molecule has 2 fully saturated rings. The molecule has 37 heavy (non-hydrogen) atoms. The minimum absolute atomic E-state index is 0.00827. The highest BCUT2D eigenvalue weighted by Gasteiger charge is 2.34. The van der Waals surface area contributed by atoms with Crippen molar-refractivity contribution in [1.29, 1.82) is 0 Å². The molecule has 1 aromatic rings. The summed E-state index contributed by atoms with van der Waals surface area (Å²) in [5.41, 5.74) is 13.7. The Labute approximate surface area is 228 Å². The van der Waals surface area contributed by atoms with E-state index in [-0.39, 0.29) is 23.3 Å². The number of halogens is 2. The van der Waals surface area contributed by atoms with Crippen LogP contribution in [0.4, 0.5) is 11.6 Å². The van der Waals surface area contributed by atoms with E-state index < -0.39 is 5.91 Å². The van der Waals surface area contributed by atoms with Crippen molar-refractivity contribution in [3.05, 3.63) is 45.3 Å². The molecule has 1 aliphatic carbocycles. The van der Waals surface area contributed by atoms with Gasteiger partial charge < -0.3 is 21.5 Å². The maximum Gasteiger partial charge on any atom is 0.271 e. The molecule has 3 aliphatic rings. The van der Waals surface area contributed by atoms with Crippen molar-refractivity contribution in [3.63, 3.8) is 0 Å². The Morgan fingerprint density at radius 3 is 2.62 bits per heavy atom. The minimum Gasteiger partial charge on any atom is -0.396 e. The van der Waals surface area contributed by atoms with Crippen LogP contribution in [0.5, 0.6) is 0 Å². The molecule has 11 heteroatoms. The van der Waals surface area contributed by atoms with E-state index in [1.54, 1.807) is 0 Å². The van der Waals surface area contributed by atoms with Gasteiger partial charge in [0.05, 0.1) is 0 Å². The number of aromatic nitrogens is 2. The number of carbonyl (C=O) groups excluding carboxylic acids is 1. The number of amides is 1. The lowest BCUT2D eigenvalue weighted by Gasteiger charge is -2.47. The molecule has 4 rings (SSSR count). The second-order valence-electron chi connectivity index (χ2n) is 9.93. The number of likely N-dealkylation sites (tertiary alicyclic amines) is 1. The zero-order valence-electron chi connectivity index (χ0n) is 21.4. The standard InChI is InChI=1S/C26H37Cl2N7O2/c1-2-20-16-34(26-23(28)31-22(25(30)37)24(29)32-26)11-12-35(20)21-6-9-33(10-7-21)15-18-4-3-5-19(27)14-17(18)8-13-36/h3,5,14,20-21,36H,2,4,6-13,15-16H2,1H3,(H2,29,32)(H2,30,37). The van der Waals surface area contributed by atoms with Gasteiger partial charge in [0.2, 0.25) is 0 Å². The minimum atomic E-state index is -0.738. The van der Waals surface area contributed by atoms with Crippen molar-refractivity contribution >= 4 is 40.7 Å². The molecule has 2 aliphatic heterocycles. The lowest BCUT2D eigenvalue weighted by molar-refractivity contribution is 0.0656. The Balaban J connectivity index is 1.37. The fourth-order valence-electron chi connectivity index (χ4n) is 5.68. The third-order valence-electron chi connectivity index (χ3n) is 7.63. The predicted octanol–water partition coefficient (Wildman–Crippen LogP) is 2.94. The highest BCUT2D eigenvalue weighted by atomic mass is 35.5. The Kier molecular flexibility index (Phi) is 9.47. The molecule has 0 saturated carbocycles. The molecule has 1 aromatic heterocycles. The molecular weight excluding hydrogens is 513 g/mol. The summed E-state index contributed by atoms with van der Waals surface area (Å²) in [6, 6.07) is 0.889. The lowest BCUT2D eigenvalue weighted by Crippen LogP contribution is -2.58. The number of piperidine rings is 1. The zero-order valence-corrected chi connectivity index (χ0v) is 22.9. The van der Waals surface area contributed by atoms with Gasteiger partial charge in [-0.2, -0.15) is 0 Å². The van der Waals surface area contributed by atoms with Crippen molar-refractivity contribution in [2.24, 2.45) is 5.73 Å². The molecular formula is C26H37Cl2N7O2. The molecule has 0 aromatic carbocycles. The van der Waals surface area contributed by atoms with Gasteiger partial charge in [0.15, 0.2) is 22.5 Å². The fourth-order valence-corrected chi connectivity index (χ4v) is 6.15. The lowest BCUT2D eigenvalue weighted by atomic mass is 9.96. The summed E-state index contributed by atoms with van der Waals surface area (Å²) < 4.78 is 0. The van der Waals surface area contributed by atoms with Crippen LogP contribution in [0, 0.1) is 0 Å². The molecule has 5 N–H and O–H groups in total. The summed E-state index contributed by atoms with van der Waals surface area (Å²) in [7, 11) is 0. The van der Waals surface area contributed by atoms with Crippen molar-refractivity contribution in [3.8, 4) is 0 Å². The van der Waals surface area contributed by atoms with E-state index in [2.05, 4.69) is 37.7 Å². The summed E-state index contributed by atoms with van der Waals surface area (Å²) in [6.07, 6.45) is 10.8. The van der Waals surface area contributed by atoms with Crippen molar-refractivity contribution in [2.75, 3.05) is 56.5 Å². The second kappa shape index (κ2) is 12.6. The molecule has 0 radical (unpaired) electrons. The van der Waals surface area contributed by atoms with Gasteiger partial charge >= 0.3 is 0 Å². The van der Waals surface area contributed by atoms with Crippen LogP contribution in [0.2, 0.25) is 5.15 Å². The van der Waals surface area contributed by atoms with Gasteiger partial charge in [0, 0.05) is 49.9 Å². The van der Waals surface area contributed by atoms with Gasteiger partial charge in [-0.15, -0.1) is 0 Å². The van der Waals surface area contributed by atoms with Gasteiger partial charge in [-0.3, -0.25) is 14.6 Å². The number of piperazine rings is 1. The van der Waals surface area contributed by atoms with E-state index in [9.17, 15) is 9.90 Å². The van der Waals surface area contributed by atoms with Gasteiger partial charge in [-0.1, -0.05) is 36.2 Å². The normalized spacial score (nSPS) is 22.3. The van der Waals surface area contributed by atoms with Crippen LogP contribution in [-0.2, 0) is 0 Å². The van der Waals surface area contributed by atoms with Crippen LogP contribution in [-0.4, -0.2) is 88.7 Å². The number of primary amides is 1. The fraction of sp³-hybridized carbons (Fsp3) is 0.577. The van der Waals surface area contributed by atoms with E-state index in [0.29, 0.717) is 24.3 Å². The van der Waals surface area contributed by atoms with Crippen LogP contribution in [0.15, 0.2) is 34.4 Å². The Morgan fingerprint density at radius 1 is 1.19 bits per heavy atom. The highest BCUT2D eigenvalue weighted by Crippen LogP contribution is 2.30. The van der Waals surface area contributed by atoms with E-state index >= 15 is 0 Å². The maximum absolute atomic E-state index is 11.5. The van der Waals surface area contributed by atoms with Crippen molar-refractivity contribution in [1.82, 2.24) is 19.8 Å². The number of nitrogens with zero attached hydrogens (tertiary/aromatic N) is 5. The summed E-state index contributed by atoms with van der Waals surface area (Å²) in [6.45, 7) is 7.78. The number of carbonyl (C=O) groups is 1. The largest absolute Gasteiger partial charge is 0.396 e. The topological polar surface area (TPSA) is 125 Å². The average Bonchev–Trinajstić information content (AvgIpc) is 3.05. The zero-order chi connectivity index (χ0) is 26.5. The summed E-state index contributed by atoms with van der Waals surface area (Å²) in [4.78, 5) is 27.3. The van der Waals surface area contributed by atoms with Gasteiger partial charge in [0.25, 0.3) is 5.91 Å². The summed E-state index contributed by atoms with van der Waals surface area (Å²) in [5, 5.41) is 10.4. The number of hydrogen-bond donors (Lipinski definition) is 3. The van der Waals surface area contributed by atoms with E-state index in [0.717, 1.165) is 75.6 Å². The molecule has 202 valence electrons. The monoisotopic (exact) mass is 549 g/mol. The van der Waals surface area contributed by atoms with E-state index in [1.165, 1.54) is 5.57 Å². The van der Waals surface area contributed by atoms with Gasteiger partial charge in [0.1, 0.15) is 0 Å². The van der Waals surface area contributed by atoms with Gasteiger partial charge in [-0.05, 0) is 68.5 Å². The molecule has 1 atom stereocenters. The number of hydrogen-bond acceptors (Lipinski definition) is 8. The van der Waals surface area contributed by atoms with Crippen LogP contribution in [0.3, 0.4) is 0 Å². The predicted molar refractivity (Wildman–Crippen MR) is 149 cm³/mol. The van der Waals surface area contributed by atoms with Crippen LogP contribution >= 0.6 is 23.2 Å². The number of anilines is 2. The average molecular weight is 551 g/mol. The first-order valence-electron chi connectivity index (χ1n) is 13.0.